The van der Waals surface area contributed by atoms with Crippen LogP contribution in [-0.4, -0.2) is 45.5 Å². The average molecular weight is 485 g/mol. The number of aromatic nitrogens is 1. The van der Waals surface area contributed by atoms with E-state index in [0.717, 1.165) is 11.1 Å². The quantitative estimate of drug-likeness (QED) is 0.429. The molecule has 0 saturated carbocycles. The van der Waals surface area contributed by atoms with Crippen LogP contribution in [0.25, 0.3) is 0 Å². The molecule has 2 aromatic carbocycles. The SMILES string of the molecule is O=C(NCc1ccccn1)C(=O)C(Cc1ccccc1)NC(=O)[C@@H]1CCC(=O)N1Cc1ccccc1. The molecule has 1 aromatic heterocycles. The molecule has 0 bridgehead atoms. The van der Waals surface area contributed by atoms with E-state index in [4.69, 9.17) is 0 Å². The van der Waals surface area contributed by atoms with Crippen LogP contribution in [-0.2, 0) is 38.7 Å². The monoisotopic (exact) mass is 484 g/mol. The zero-order valence-electron chi connectivity index (χ0n) is 19.8. The van der Waals surface area contributed by atoms with Crippen molar-refractivity contribution in [2.75, 3.05) is 0 Å². The second-order valence-electron chi connectivity index (χ2n) is 8.68. The van der Waals surface area contributed by atoms with Crippen LogP contribution in [0.15, 0.2) is 85.1 Å². The van der Waals surface area contributed by atoms with Crippen molar-refractivity contribution < 1.29 is 19.2 Å². The Labute approximate surface area is 209 Å². The molecular formula is C28H28N4O4. The van der Waals surface area contributed by atoms with Crippen LogP contribution in [0, 0.1) is 0 Å². The maximum atomic E-state index is 13.3. The standard InChI is InChI=1S/C28H28N4O4/c33-25-15-14-24(32(25)19-21-11-5-2-6-12-21)27(35)31-23(17-20-9-3-1-4-10-20)26(34)28(36)30-18-22-13-7-8-16-29-22/h1-13,16,23-24H,14-15,17-19H2,(H,30,36)(H,31,35)/t23?,24-/m0/s1. The Hall–Kier alpha value is -4.33. The molecule has 1 aliphatic heterocycles. The number of pyridine rings is 1. The lowest BCUT2D eigenvalue weighted by Gasteiger charge is -2.26. The van der Waals surface area contributed by atoms with Gasteiger partial charge in [-0.2, -0.15) is 0 Å². The minimum atomic E-state index is -1.07. The van der Waals surface area contributed by atoms with Gasteiger partial charge < -0.3 is 15.5 Å². The Kier molecular flexibility index (Phi) is 8.18. The third kappa shape index (κ3) is 6.41. The topological polar surface area (TPSA) is 108 Å². The molecule has 1 unspecified atom stereocenters. The molecule has 0 radical (unpaired) electrons. The van der Waals surface area contributed by atoms with Crippen molar-refractivity contribution in [1.82, 2.24) is 20.5 Å². The second kappa shape index (κ2) is 11.9. The van der Waals surface area contributed by atoms with Crippen LogP contribution in [0.4, 0.5) is 0 Å². The summed E-state index contributed by atoms with van der Waals surface area (Å²) in [4.78, 5) is 57.4. The molecule has 1 aliphatic rings. The van der Waals surface area contributed by atoms with E-state index in [1.54, 1.807) is 24.4 Å². The highest BCUT2D eigenvalue weighted by atomic mass is 16.2. The van der Waals surface area contributed by atoms with E-state index >= 15 is 0 Å². The van der Waals surface area contributed by atoms with Crippen molar-refractivity contribution in [3.8, 4) is 0 Å². The van der Waals surface area contributed by atoms with Gasteiger partial charge in [-0.15, -0.1) is 0 Å². The van der Waals surface area contributed by atoms with Crippen molar-refractivity contribution in [1.29, 1.82) is 0 Å². The summed E-state index contributed by atoms with van der Waals surface area (Å²) in [5.74, 6) is -2.10. The molecule has 2 N–H and O–H groups in total. The van der Waals surface area contributed by atoms with Crippen molar-refractivity contribution in [2.45, 2.75) is 44.4 Å². The van der Waals surface area contributed by atoms with Crippen LogP contribution < -0.4 is 10.6 Å². The maximum absolute atomic E-state index is 13.3. The number of nitrogens with one attached hydrogen (secondary N) is 2. The fraction of sp³-hybridized carbons (Fsp3) is 0.250. The number of Topliss-reactive ketones (excluding diaryl/α,β-unsaturated/α-hetero) is 1. The van der Waals surface area contributed by atoms with Gasteiger partial charge in [-0.05, 0) is 29.7 Å². The molecule has 1 saturated heterocycles. The molecule has 3 amide bonds. The Balaban J connectivity index is 1.47. The molecule has 0 aliphatic carbocycles. The van der Waals surface area contributed by atoms with E-state index in [-0.39, 0.29) is 25.3 Å². The molecule has 1 fully saturated rings. The third-order valence-corrected chi connectivity index (χ3v) is 6.12. The summed E-state index contributed by atoms with van der Waals surface area (Å²) in [6.07, 6.45) is 2.37. The number of nitrogens with zero attached hydrogens (tertiary/aromatic N) is 2. The first kappa shape index (κ1) is 24.8. The summed E-state index contributed by atoms with van der Waals surface area (Å²) in [5.41, 5.74) is 2.33. The lowest BCUT2D eigenvalue weighted by Crippen LogP contribution is -2.53. The largest absolute Gasteiger partial charge is 0.344 e. The molecular weight excluding hydrogens is 456 g/mol. The van der Waals surface area contributed by atoms with Gasteiger partial charge in [0.15, 0.2) is 0 Å². The van der Waals surface area contributed by atoms with Gasteiger partial charge in [0.2, 0.25) is 17.6 Å². The summed E-state index contributed by atoms with van der Waals surface area (Å²) >= 11 is 0. The van der Waals surface area contributed by atoms with E-state index in [0.29, 0.717) is 18.7 Å². The number of likely N-dealkylation sites (tertiary alicyclic amines) is 1. The zero-order chi connectivity index (χ0) is 25.3. The number of amides is 3. The first-order valence-electron chi connectivity index (χ1n) is 11.9. The van der Waals surface area contributed by atoms with Gasteiger partial charge in [-0.25, -0.2) is 0 Å². The Bertz CT molecular complexity index is 1200. The minimum Gasteiger partial charge on any atom is -0.344 e. The fourth-order valence-electron chi connectivity index (χ4n) is 4.23. The van der Waals surface area contributed by atoms with E-state index in [1.165, 1.54) is 4.90 Å². The molecule has 4 rings (SSSR count). The van der Waals surface area contributed by atoms with Crippen LogP contribution in [0.5, 0.6) is 0 Å². The zero-order valence-corrected chi connectivity index (χ0v) is 19.8. The van der Waals surface area contributed by atoms with Crippen LogP contribution >= 0.6 is 0 Å². The molecule has 2 atom stereocenters. The van der Waals surface area contributed by atoms with E-state index in [9.17, 15) is 19.2 Å². The molecule has 8 heteroatoms. The predicted molar refractivity (Wildman–Crippen MR) is 133 cm³/mol. The predicted octanol–water partition coefficient (Wildman–Crippen LogP) is 2.19. The van der Waals surface area contributed by atoms with Gasteiger partial charge in [0, 0.05) is 25.6 Å². The first-order chi connectivity index (χ1) is 17.5. The van der Waals surface area contributed by atoms with Crippen LogP contribution in [0.1, 0.15) is 29.7 Å². The van der Waals surface area contributed by atoms with Crippen molar-refractivity contribution in [2.24, 2.45) is 0 Å². The third-order valence-electron chi connectivity index (χ3n) is 6.12. The van der Waals surface area contributed by atoms with Crippen molar-refractivity contribution >= 4 is 23.5 Å². The highest BCUT2D eigenvalue weighted by molar-refractivity contribution is 6.38. The number of rotatable bonds is 10. The molecule has 0 spiro atoms. The molecule has 8 nitrogen and oxygen atoms in total. The van der Waals surface area contributed by atoms with Gasteiger partial charge >= 0.3 is 0 Å². The van der Waals surface area contributed by atoms with Gasteiger partial charge in [0.1, 0.15) is 12.1 Å². The summed E-state index contributed by atoms with van der Waals surface area (Å²) in [6.45, 7) is 0.402. The lowest BCUT2D eigenvalue weighted by molar-refractivity contribution is -0.141. The number of benzene rings is 2. The van der Waals surface area contributed by atoms with Gasteiger partial charge in [-0.1, -0.05) is 66.7 Å². The van der Waals surface area contributed by atoms with E-state index in [2.05, 4.69) is 15.6 Å². The summed E-state index contributed by atoms with van der Waals surface area (Å²) in [5, 5.41) is 5.35. The first-order valence-corrected chi connectivity index (χ1v) is 11.9. The summed E-state index contributed by atoms with van der Waals surface area (Å²) in [7, 11) is 0. The van der Waals surface area contributed by atoms with E-state index < -0.39 is 29.7 Å². The Morgan fingerprint density at radius 3 is 2.25 bits per heavy atom. The molecule has 36 heavy (non-hydrogen) atoms. The number of carbonyl (C=O) groups excluding carboxylic acids is 4. The van der Waals surface area contributed by atoms with Gasteiger partial charge in [0.05, 0.1) is 12.2 Å². The van der Waals surface area contributed by atoms with Crippen LogP contribution in [0.2, 0.25) is 0 Å². The normalized spacial score (nSPS) is 15.8. The number of hydrogen-bond donors (Lipinski definition) is 2. The van der Waals surface area contributed by atoms with Gasteiger partial charge in [-0.3, -0.25) is 24.2 Å². The smallest absolute Gasteiger partial charge is 0.289 e. The molecule has 3 aromatic rings. The average Bonchev–Trinajstić information content (AvgIpc) is 3.28. The number of ketones is 1. The Morgan fingerprint density at radius 2 is 1.58 bits per heavy atom. The Morgan fingerprint density at radius 1 is 0.917 bits per heavy atom. The highest BCUT2D eigenvalue weighted by Crippen LogP contribution is 2.22. The lowest BCUT2D eigenvalue weighted by atomic mass is 10.0. The maximum Gasteiger partial charge on any atom is 0.289 e. The van der Waals surface area contributed by atoms with Gasteiger partial charge in [0.25, 0.3) is 5.91 Å². The number of hydrogen-bond acceptors (Lipinski definition) is 5. The van der Waals surface area contributed by atoms with Crippen LogP contribution in [0.3, 0.4) is 0 Å². The molecule has 2 heterocycles. The molecule has 184 valence electrons. The second-order valence-corrected chi connectivity index (χ2v) is 8.68. The summed E-state index contributed by atoms with van der Waals surface area (Å²) in [6, 6.07) is 22.1. The summed E-state index contributed by atoms with van der Waals surface area (Å²) < 4.78 is 0. The fourth-order valence-corrected chi connectivity index (χ4v) is 4.23. The minimum absolute atomic E-state index is 0.0966. The highest BCUT2D eigenvalue weighted by Gasteiger charge is 2.38. The van der Waals surface area contributed by atoms with E-state index in [1.807, 2.05) is 60.7 Å². The van der Waals surface area contributed by atoms with Crippen molar-refractivity contribution in [3.05, 3.63) is 102 Å². The van der Waals surface area contributed by atoms with Crippen molar-refractivity contribution in [3.63, 3.8) is 0 Å². The number of carbonyl (C=O) groups is 4.